The molecule has 2 rings (SSSR count). The average molecular weight is 298 g/mol. The van der Waals surface area contributed by atoms with Gasteiger partial charge in [0.05, 0.1) is 0 Å². The summed E-state index contributed by atoms with van der Waals surface area (Å²) in [6, 6.07) is 13.7. The minimum absolute atomic E-state index is 0.367. The van der Waals surface area contributed by atoms with Gasteiger partial charge in [0.1, 0.15) is 5.75 Å². The van der Waals surface area contributed by atoms with Crippen LogP contribution in [-0.4, -0.2) is 17.2 Å². The molecule has 2 aromatic rings. The van der Waals surface area contributed by atoms with Gasteiger partial charge < -0.3 is 9.84 Å². The molecule has 0 saturated heterocycles. The fourth-order valence-electron chi connectivity index (χ4n) is 2.65. The summed E-state index contributed by atoms with van der Waals surface area (Å²) in [5, 5.41) is 9.47. The second kappa shape index (κ2) is 7.12. The van der Waals surface area contributed by atoms with E-state index >= 15 is 0 Å². The Balaban J connectivity index is 2.21. The lowest BCUT2D eigenvalue weighted by Crippen LogP contribution is -2.29. The minimum atomic E-state index is -0.940. The summed E-state index contributed by atoms with van der Waals surface area (Å²) in [6.45, 7) is 6.02. The number of carboxylic acids is 1. The van der Waals surface area contributed by atoms with E-state index in [0.717, 1.165) is 28.7 Å². The van der Waals surface area contributed by atoms with Crippen molar-refractivity contribution in [1.82, 2.24) is 0 Å². The Morgan fingerprint density at radius 1 is 1.09 bits per heavy atom. The number of benzene rings is 2. The van der Waals surface area contributed by atoms with Gasteiger partial charge in [0, 0.05) is 6.42 Å². The smallest absolute Gasteiger partial charge is 0.345 e. The quantitative estimate of drug-likeness (QED) is 0.878. The lowest BCUT2D eigenvalue weighted by molar-refractivity contribution is -0.145. The molecule has 0 radical (unpaired) electrons. The molecule has 0 aromatic heterocycles. The molecule has 3 nitrogen and oxygen atoms in total. The van der Waals surface area contributed by atoms with Gasteiger partial charge in [0.2, 0.25) is 0 Å². The third-order valence-electron chi connectivity index (χ3n) is 3.65. The molecule has 1 N–H and O–H groups in total. The highest BCUT2D eigenvalue weighted by molar-refractivity contribution is 5.73. The van der Waals surface area contributed by atoms with Crippen molar-refractivity contribution in [2.24, 2.45) is 0 Å². The second-order valence-electron chi connectivity index (χ2n) is 5.59. The van der Waals surface area contributed by atoms with Crippen LogP contribution in [0.4, 0.5) is 0 Å². The zero-order chi connectivity index (χ0) is 16.1. The minimum Gasteiger partial charge on any atom is -0.478 e. The number of carboxylic acid groups (broad SMARTS) is 1. The predicted octanol–water partition coefficient (Wildman–Crippen LogP) is 3.94. The van der Waals surface area contributed by atoms with E-state index in [4.69, 9.17) is 4.74 Å². The van der Waals surface area contributed by atoms with E-state index in [-0.39, 0.29) is 0 Å². The van der Waals surface area contributed by atoms with Gasteiger partial charge in [0.25, 0.3) is 0 Å². The van der Waals surface area contributed by atoms with Crippen molar-refractivity contribution < 1.29 is 14.6 Å². The molecule has 116 valence electrons. The van der Waals surface area contributed by atoms with Crippen molar-refractivity contribution >= 4 is 5.97 Å². The Labute approximate surface area is 131 Å². The summed E-state index contributed by atoms with van der Waals surface area (Å²) in [5.74, 6) is -0.330. The first-order chi connectivity index (χ1) is 10.5. The first-order valence-electron chi connectivity index (χ1n) is 7.54. The fraction of sp³-hybridized carbons (Fsp3) is 0.316. The highest BCUT2D eigenvalue weighted by Crippen LogP contribution is 2.20. The maximum absolute atomic E-state index is 11.6. The lowest BCUT2D eigenvalue weighted by Gasteiger charge is -2.17. The number of hydrogen-bond acceptors (Lipinski definition) is 2. The number of carbonyl (C=O) groups is 1. The standard InChI is InChI=1S/C19H22O3/c1-4-15-7-5-6-8-16(15)12-18(19(20)21)22-17-10-13(2)9-14(3)11-17/h5-11,18H,4,12H2,1-3H3,(H,20,21). The van der Waals surface area contributed by atoms with Crippen molar-refractivity contribution in [1.29, 1.82) is 0 Å². The summed E-state index contributed by atoms with van der Waals surface area (Å²) in [7, 11) is 0. The Morgan fingerprint density at radius 2 is 1.68 bits per heavy atom. The molecule has 0 aliphatic heterocycles. The Hall–Kier alpha value is -2.29. The van der Waals surface area contributed by atoms with Crippen LogP contribution in [0.15, 0.2) is 42.5 Å². The monoisotopic (exact) mass is 298 g/mol. The molecule has 0 aliphatic rings. The van der Waals surface area contributed by atoms with Crippen LogP contribution in [0.2, 0.25) is 0 Å². The van der Waals surface area contributed by atoms with Crippen molar-refractivity contribution in [2.75, 3.05) is 0 Å². The number of aliphatic carboxylic acids is 1. The molecule has 2 aromatic carbocycles. The molecule has 0 saturated carbocycles. The molecule has 0 heterocycles. The van der Waals surface area contributed by atoms with E-state index in [9.17, 15) is 9.90 Å². The summed E-state index contributed by atoms with van der Waals surface area (Å²) in [4.78, 5) is 11.6. The molecule has 0 amide bonds. The Kier molecular flexibility index (Phi) is 5.21. The van der Waals surface area contributed by atoms with Gasteiger partial charge in [-0.1, -0.05) is 37.3 Å². The lowest BCUT2D eigenvalue weighted by atomic mass is 10.00. The molecule has 0 bridgehead atoms. The first-order valence-corrected chi connectivity index (χ1v) is 7.54. The SMILES string of the molecule is CCc1ccccc1CC(Oc1cc(C)cc(C)c1)C(=O)O. The molecule has 1 atom stereocenters. The second-order valence-corrected chi connectivity index (χ2v) is 5.59. The number of aryl methyl sites for hydroxylation is 3. The summed E-state index contributed by atoms with van der Waals surface area (Å²) < 4.78 is 5.74. The predicted molar refractivity (Wildman–Crippen MR) is 87.5 cm³/mol. The van der Waals surface area contributed by atoms with E-state index in [0.29, 0.717) is 12.2 Å². The van der Waals surface area contributed by atoms with Gasteiger partial charge in [-0.2, -0.15) is 0 Å². The third kappa shape index (κ3) is 4.10. The zero-order valence-corrected chi connectivity index (χ0v) is 13.3. The van der Waals surface area contributed by atoms with Crippen molar-refractivity contribution in [3.63, 3.8) is 0 Å². The van der Waals surface area contributed by atoms with E-state index in [1.807, 2.05) is 56.3 Å². The van der Waals surface area contributed by atoms with E-state index in [2.05, 4.69) is 6.92 Å². The highest BCUT2D eigenvalue weighted by atomic mass is 16.5. The maximum Gasteiger partial charge on any atom is 0.345 e. The molecule has 0 aliphatic carbocycles. The van der Waals surface area contributed by atoms with Crippen molar-refractivity contribution in [2.45, 2.75) is 39.7 Å². The van der Waals surface area contributed by atoms with Crippen LogP contribution in [0.5, 0.6) is 5.75 Å². The molecule has 22 heavy (non-hydrogen) atoms. The third-order valence-corrected chi connectivity index (χ3v) is 3.65. The zero-order valence-electron chi connectivity index (χ0n) is 13.3. The van der Waals surface area contributed by atoms with Crippen LogP contribution in [0.3, 0.4) is 0 Å². The normalized spacial score (nSPS) is 12.0. The Morgan fingerprint density at radius 3 is 2.23 bits per heavy atom. The molecular formula is C19H22O3. The fourth-order valence-corrected chi connectivity index (χ4v) is 2.65. The number of hydrogen-bond donors (Lipinski definition) is 1. The molecular weight excluding hydrogens is 276 g/mol. The average Bonchev–Trinajstić information content (AvgIpc) is 2.46. The number of rotatable bonds is 6. The van der Waals surface area contributed by atoms with Crippen molar-refractivity contribution in [3.05, 3.63) is 64.7 Å². The summed E-state index contributed by atoms with van der Waals surface area (Å²) >= 11 is 0. The van der Waals surface area contributed by atoms with Crippen LogP contribution in [0, 0.1) is 13.8 Å². The molecule has 0 spiro atoms. The van der Waals surface area contributed by atoms with Gasteiger partial charge >= 0.3 is 5.97 Å². The topological polar surface area (TPSA) is 46.5 Å². The maximum atomic E-state index is 11.6. The van der Waals surface area contributed by atoms with Crippen LogP contribution in [0.1, 0.15) is 29.2 Å². The van der Waals surface area contributed by atoms with Crippen LogP contribution in [0.25, 0.3) is 0 Å². The van der Waals surface area contributed by atoms with Crippen molar-refractivity contribution in [3.8, 4) is 5.75 Å². The number of ether oxygens (including phenoxy) is 1. The van der Waals surface area contributed by atoms with Gasteiger partial charge in [-0.3, -0.25) is 0 Å². The summed E-state index contributed by atoms with van der Waals surface area (Å²) in [6.07, 6.45) is 0.368. The van der Waals surface area contributed by atoms with Gasteiger partial charge in [-0.15, -0.1) is 0 Å². The highest BCUT2D eigenvalue weighted by Gasteiger charge is 2.21. The molecule has 0 fully saturated rings. The van der Waals surface area contributed by atoms with E-state index < -0.39 is 12.1 Å². The van der Waals surface area contributed by atoms with Gasteiger partial charge in [-0.25, -0.2) is 4.79 Å². The first kappa shape index (κ1) is 16.1. The van der Waals surface area contributed by atoms with Gasteiger partial charge in [0.15, 0.2) is 6.10 Å². The van der Waals surface area contributed by atoms with Crippen LogP contribution in [-0.2, 0) is 17.6 Å². The van der Waals surface area contributed by atoms with E-state index in [1.54, 1.807) is 0 Å². The van der Waals surface area contributed by atoms with E-state index in [1.165, 1.54) is 0 Å². The van der Waals surface area contributed by atoms with Gasteiger partial charge in [-0.05, 0) is 54.7 Å². The largest absolute Gasteiger partial charge is 0.478 e. The Bertz CT molecular complexity index is 641. The summed E-state index contributed by atoms with van der Waals surface area (Å²) in [5.41, 5.74) is 4.32. The molecule has 1 unspecified atom stereocenters. The van der Waals surface area contributed by atoms with Crippen LogP contribution >= 0.6 is 0 Å². The molecule has 3 heteroatoms. The van der Waals surface area contributed by atoms with Crippen LogP contribution < -0.4 is 4.74 Å².